The maximum absolute atomic E-state index is 12.8. The number of likely N-dealkylation sites (tertiary alicyclic amines) is 1. The lowest BCUT2D eigenvalue weighted by Gasteiger charge is -2.19. The molecule has 1 aromatic heterocycles. The third-order valence-electron chi connectivity index (χ3n) is 5.10. The Balaban J connectivity index is 1.55. The summed E-state index contributed by atoms with van der Waals surface area (Å²) in [7, 11) is 0. The molecule has 0 spiro atoms. The van der Waals surface area contributed by atoms with E-state index in [1.807, 2.05) is 24.3 Å². The SMILES string of the molecule is NC[C@H]1CCN(C(=O)c2occc2CN2C(=O)Cc3ccccc32)C1. The van der Waals surface area contributed by atoms with Crippen LogP contribution in [0.1, 0.15) is 28.1 Å². The quantitative estimate of drug-likeness (QED) is 0.921. The molecule has 0 radical (unpaired) electrons. The number of anilines is 1. The minimum Gasteiger partial charge on any atom is -0.459 e. The van der Waals surface area contributed by atoms with Crippen LogP contribution in [0.5, 0.6) is 0 Å². The summed E-state index contributed by atoms with van der Waals surface area (Å²) in [6.07, 6.45) is 2.85. The molecule has 2 N–H and O–H groups in total. The maximum atomic E-state index is 12.8. The van der Waals surface area contributed by atoms with Crippen molar-refractivity contribution >= 4 is 17.5 Å². The summed E-state index contributed by atoms with van der Waals surface area (Å²) in [4.78, 5) is 28.7. The summed E-state index contributed by atoms with van der Waals surface area (Å²) < 4.78 is 5.48. The number of carbonyl (C=O) groups excluding carboxylic acids is 2. The van der Waals surface area contributed by atoms with Gasteiger partial charge in [-0.2, -0.15) is 0 Å². The van der Waals surface area contributed by atoms with Gasteiger partial charge >= 0.3 is 0 Å². The minimum atomic E-state index is -0.115. The zero-order chi connectivity index (χ0) is 17.4. The number of para-hydroxylation sites is 1. The summed E-state index contributed by atoms with van der Waals surface area (Å²) in [5.41, 5.74) is 8.39. The Kier molecular flexibility index (Phi) is 4.05. The standard InChI is InChI=1S/C19H21N3O3/c20-10-13-5-7-21(11-13)19(24)18-15(6-8-25-18)12-22-16-4-2-1-3-14(16)9-17(22)23/h1-4,6,8,13H,5,7,9-12,20H2/t13-/m1/s1. The van der Waals surface area contributed by atoms with Gasteiger partial charge in [0.2, 0.25) is 5.91 Å². The number of amides is 2. The van der Waals surface area contributed by atoms with Gasteiger partial charge in [-0.25, -0.2) is 0 Å². The van der Waals surface area contributed by atoms with E-state index >= 15 is 0 Å². The van der Waals surface area contributed by atoms with Crippen molar-refractivity contribution in [2.75, 3.05) is 24.5 Å². The lowest BCUT2D eigenvalue weighted by Crippen LogP contribution is -2.31. The third-order valence-corrected chi connectivity index (χ3v) is 5.10. The summed E-state index contributed by atoms with van der Waals surface area (Å²) >= 11 is 0. The molecule has 2 amide bonds. The predicted molar refractivity (Wildman–Crippen MR) is 93.1 cm³/mol. The molecule has 1 saturated heterocycles. The van der Waals surface area contributed by atoms with Gasteiger partial charge in [-0.15, -0.1) is 0 Å². The van der Waals surface area contributed by atoms with E-state index in [0.29, 0.717) is 44.3 Å². The van der Waals surface area contributed by atoms with E-state index in [2.05, 4.69) is 0 Å². The summed E-state index contributed by atoms with van der Waals surface area (Å²) in [5.74, 6) is 0.616. The molecule has 3 heterocycles. The van der Waals surface area contributed by atoms with Crippen molar-refractivity contribution in [3.8, 4) is 0 Å². The first-order valence-electron chi connectivity index (χ1n) is 8.61. The average molecular weight is 339 g/mol. The largest absolute Gasteiger partial charge is 0.459 e. The van der Waals surface area contributed by atoms with Crippen molar-refractivity contribution in [1.82, 2.24) is 4.90 Å². The predicted octanol–water partition coefficient (Wildman–Crippen LogP) is 1.79. The first-order valence-corrected chi connectivity index (χ1v) is 8.61. The number of nitrogens with zero attached hydrogens (tertiary/aromatic N) is 2. The van der Waals surface area contributed by atoms with Crippen LogP contribution in [0.4, 0.5) is 5.69 Å². The van der Waals surface area contributed by atoms with Crippen LogP contribution in [0.2, 0.25) is 0 Å². The van der Waals surface area contributed by atoms with E-state index in [1.54, 1.807) is 15.9 Å². The highest BCUT2D eigenvalue weighted by Gasteiger charge is 2.32. The highest BCUT2D eigenvalue weighted by atomic mass is 16.3. The number of benzene rings is 1. The molecular weight excluding hydrogens is 318 g/mol. The van der Waals surface area contributed by atoms with Crippen LogP contribution in [0, 0.1) is 5.92 Å². The van der Waals surface area contributed by atoms with Crippen molar-refractivity contribution in [1.29, 1.82) is 0 Å². The topological polar surface area (TPSA) is 79.8 Å². The molecule has 6 nitrogen and oxygen atoms in total. The Bertz CT molecular complexity index is 814. The summed E-state index contributed by atoms with van der Waals surface area (Å²) in [6.45, 7) is 2.31. The summed E-state index contributed by atoms with van der Waals surface area (Å²) in [6, 6.07) is 9.53. The number of hydrogen-bond acceptors (Lipinski definition) is 4. The van der Waals surface area contributed by atoms with Crippen molar-refractivity contribution in [3.05, 3.63) is 53.5 Å². The van der Waals surface area contributed by atoms with Crippen LogP contribution in [0.25, 0.3) is 0 Å². The van der Waals surface area contributed by atoms with Gasteiger partial charge in [0.25, 0.3) is 5.91 Å². The molecule has 1 aromatic carbocycles. The van der Waals surface area contributed by atoms with Gasteiger partial charge in [-0.1, -0.05) is 18.2 Å². The molecule has 0 saturated carbocycles. The maximum Gasteiger partial charge on any atom is 0.289 e. The second kappa shape index (κ2) is 6.37. The number of hydrogen-bond donors (Lipinski definition) is 1. The van der Waals surface area contributed by atoms with Gasteiger partial charge in [0.15, 0.2) is 5.76 Å². The van der Waals surface area contributed by atoms with E-state index in [-0.39, 0.29) is 11.8 Å². The Morgan fingerprint density at radius 2 is 2.12 bits per heavy atom. The van der Waals surface area contributed by atoms with Crippen LogP contribution in [-0.4, -0.2) is 36.3 Å². The third kappa shape index (κ3) is 2.82. The number of fused-ring (bicyclic) bond motifs is 1. The Morgan fingerprint density at radius 1 is 1.28 bits per heavy atom. The molecule has 1 fully saturated rings. The Labute approximate surface area is 146 Å². The monoisotopic (exact) mass is 339 g/mol. The van der Waals surface area contributed by atoms with Crippen LogP contribution in [-0.2, 0) is 17.8 Å². The van der Waals surface area contributed by atoms with Crippen molar-refractivity contribution < 1.29 is 14.0 Å². The number of furan rings is 1. The van der Waals surface area contributed by atoms with E-state index in [0.717, 1.165) is 23.2 Å². The second-order valence-electron chi connectivity index (χ2n) is 6.70. The second-order valence-corrected chi connectivity index (χ2v) is 6.70. The first-order chi connectivity index (χ1) is 12.2. The van der Waals surface area contributed by atoms with E-state index < -0.39 is 0 Å². The molecule has 130 valence electrons. The number of nitrogens with two attached hydrogens (primary N) is 1. The smallest absolute Gasteiger partial charge is 0.289 e. The highest BCUT2D eigenvalue weighted by molar-refractivity contribution is 6.01. The number of carbonyl (C=O) groups is 2. The molecule has 2 aromatic rings. The van der Waals surface area contributed by atoms with Crippen molar-refractivity contribution in [2.24, 2.45) is 11.7 Å². The van der Waals surface area contributed by atoms with Gasteiger partial charge < -0.3 is 20.0 Å². The molecular formula is C19H21N3O3. The van der Waals surface area contributed by atoms with Crippen LogP contribution < -0.4 is 10.6 Å². The number of rotatable bonds is 4. The van der Waals surface area contributed by atoms with Gasteiger partial charge in [0.1, 0.15) is 0 Å². The van der Waals surface area contributed by atoms with E-state index in [4.69, 9.17) is 10.2 Å². The Morgan fingerprint density at radius 3 is 2.92 bits per heavy atom. The lowest BCUT2D eigenvalue weighted by atomic mass is 10.1. The van der Waals surface area contributed by atoms with Crippen LogP contribution >= 0.6 is 0 Å². The lowest BCUT2D eigenvalue weighted by molar-refractivity contribution is -0.117. The fraction of sp³-hybridized carbons (Fsp3) is 0.368. The van der Waals surface area contributed by atoms with Crippen molar-refractivity contribution in [2.45, 2.75) is 19.4 Å². The van der Waals surface area contributed by atoms with Crippen molar-refractivity contribution in [3.63, 3.8) is 0 Å². The normalized spacial score (nSPS) is 19.6. The summed E-state index contributed by atoms with van der Waals surface area (Å²) in [5, 5.41) is 0. The minimum absolute atomic E-state index is 0.0465. The highest BCUT2D eigenvalue weighted by Crippen LogP contribution is 2.31. The van der Waals surface area contributed by atoms with Crippen LogP contribution in [0.3, 0.4) is 0 Å². The average Bonchev–Trinajstić information content (AvgIpc) is 3.34. The first kappa shape index (κ1) is 15.9. The van der Waals surface area contributed by atoms with Gasteiger partial charge in [-0.05, 0) is 36.6 Å². The zero-order valence-electron chi connectivity index (χ0n) is 14.0. The molecule has 2 aliphatic rings. The Hall–Kier alpha value is -2.60. The molecule has 25 heavy (non-hydrogen) atoms. The molecule has 0 aliphatic carbocycles. The molecule has 6 heteroatoms. The van der Waals surface area contributed by atoms with Gasteiger partial charge in [0, 0.05) is 24.3 Å². The zero-order valence-corrected chi connectivity index (χ0v) is 14.0. The molecule has 1 atom stereocenters. The van der Waals surface area contributed by atoms with Gasteiger partial charge in [0.05, 0.1) is 19.2 Å². The van der Waals surface area contributed by atoms with Gasteiger partial charge in [-0.3, -0.25) is 9.59 Å². The fourth-order valence-corrected chi connectivity index (χ4v) is 3.66. The van der Waals surface area contributed by atoms with Crippen LogP contribution in [0.15, 0.2) is 41.0 Å². The van der Waals surface area contributed by atoms with E-state index in [1.165, 1.54) is 6.26 Å². The molecule has 2 aliphatic heterocycles. The molecule has 4 rings (SSSR count). The van der Waals surface area contributed by atoms with E-state index in [9.17, 15) is 9.59 Å². The fourth-order valence-electron chi connectivity index (χ4n) is 3.66. The molecule has 0 unspecified atom stereocenters. The molecule has 0 bridgehead atoms.